The number of ether oxygens (including phenoxy) is 4. The Kier molecular flexibility index (Phi) is 5.56. The first-order valence-corrected chi connectivity index (χ1v) is 10.9. The van der Waals surface area contributed by atoms with Crippen molar-refractivity contribution in [1.29, 1.82) is 0 Å². The number of carbonyl (C=O) groups is 1. The van der Waals surface area contributed by atoms with E-state index in [1.54, 1.807) is 30.3 Å². The molecule has 8 heteroatoms. The molecule has 0 saturated heterocycles. The van der Waals surface area contributed by atoms with E-state index in [0.717, 1.165) is 11.1 Å². The highest BCUT2D eigenvalue weighted by Gasteiger charge is 2.28. The molecule has 1 aromatic heterocycles. The minimum absolute atomic E-state index is 0.0699. The zero-order chi connectivity index (χ0) is 24.7. The molecule has 0 unspecified atom stereocenters. The van der Waals surface area contributed by atoms with Gasteiger partial charge in [0, 0.05) is 5.56 Å². The second-order valence-corrected chi connectivity index (χ2v) is 8.14. The van der Waals surface area contributed by atoms with E-state index in [0.29, 0.717) is 39.5 Å². The summed E-state index contributed by atoms with van der Waals surface area (Å²) < 4.78 is 23.6. The van der Waals surface area contributed by atoms with Gasteiger partial charge >= 0.3 is 5.97 Å². The molecule has 0 bridgehead atoms. The minimum Gasteiger partial charge on any atom is -0.493 e. The quantitative estimate of drug-likeness (QED) is 0.441. The van der Waals surface area contributed by atoms with E-state index in [9.17, 15) is 14.7 Å². The molecule has 0 radical (unpaired) electrons. The number of hydrogen-bond acceptors (Lipinski definition) is 6. The second kappa shape index (κ2) is 8.72. The molecule has 8 nitrogen and oxygen atoms in total. The van der Waals surface area contributed by atoms with Gasteiger partial charge in [-0.05, 0) is 47.9 Å². The van der Waals surface area contributed by atoms with Gasteiger partial charge in [-0.25, -0.2) is 4.79 Å². The number of carboxylic acids is 1. The van der Waals surface area contributed by atoms with E-state index < -0.39 is 11.5 Å². The summed E-state index contributed by atoms with van der Waals surface area (Å²) in [5.41, 5.74) is 2.15. The molecule has 3 aromatic carbocycles. The fraction of sp³-hybridized carbons (Fsp3) is 0.185. The van der Waals surface area contributed by atoms with Crippen molar-refractivity contribution >= 4 is 16.9 Å². The van der Waals surface area contributed by atoms with E-state index in [1.807, 2.05) is 31.2 Å². The number of aromatic carboxylic acids is 1. The van der Waals surface area contributed by atoms with Crippen molar-refractivity contribution in [3.63, 3.8) is 0 Å². The van der Waals surface area contributed by atoms with E-state index in [-0.39, 0.29) is 24.5 Å². The van der Waals surface area contributed by atoms with Crippen LogP contribution >= 0.6 is 0 Å². The second-order valence-electron chi connectivity index (χ2n) is 8.14. The number of methoxy groups -OCH3 is 2. The Labute approximate surface area is 200 Å². The average molecular weight is 473 g/mol. The van der Waals surface area contributed by atoms with Crippen LogP contribution in [0.25, 0.3) is 22.0 Å². The highest BCUT2D eigenvalue weighted by atomic mass is 16.7. The molecule has 0 saturated carbocycles. The zero-order valence-corrected chi connectivity index (χ0v) is 19.5. The first-order chi connectivity index (χ1) is 16.9. The van der Waals surface area contributed by atoms with E-state index in [1.165, 1.54) is 18.8 Å². The van der Waals surface area contributed by atoms with Crippen LogP contribution in [0.4, 0.5) is 0 Å². The van der Waals surface area contributed by atoms with Gasteiger partial charge in [-0.15, -0.1) is 0 Å². The number of aryl methyl sites for hydroxylation is 1. The number of fused-ring (bicyclic) bond motifs is 2. The maximum absolute atomic E-state index is 13.8. The Morgan fingerprint density at radius 2 is 1.80 bits per heavy atom. The summed E-state index contributed by atoms with van der Waals surface area (Å²) >= 11 is 0. The van der Waals surface area contributed by atoms with Crippen LogP contribution in [0, 0.1) is 6.92 Å². The molecule has 0 atom stereocenters. The monoisotopic (exact) mass is 473 g/mol. The van der Waals surface area contributed by atoms with Crippen LogP contribution in [0.15, 0.2) is 59.4 Å². The Morgan fingerprint density at radius 3 is 2.51 bits per heavy atom. The normalized spacial score (nSPS) is 12.1. The molecule has 0 amide bonds. The largest absolute Gasteiger partial charge is 0.493 e. The summed E-state index contributed by atoms with van der Waals surface area (Å²) in [7, 11) is 2.99. The number of hydrogen-bond donors (Lipinski definition) is 1. The predicted octanol–water partition coefficient (Wildman–Crippen LogP) is 4.47. The third-order valence-corrected chi connectivity index (χ3v) is 6.24. The van der Waals surface area contributed by atoms with Gasteiger partial charge in [-0.2, -0.15) is 0 Å². The molecule has 1 aliphatic heterocycles. The third kappa shape index (κ3) is 3.63. The topological polar surface area (TPSA) is 96.2 Å². The van der Waals surface area contributed by atoms with E-state index in [4.69, 9.17) is 18.9 Å². The molecule has 35 heavy (non-hydrogen) atoms. The number of carboxylic acid groups (broad SMARTS) is 1. The summed E-state index contributed by atoms with van der Waals surface area (Å²) in [5.74, 6) is 0.427. The number of pyridine rings is 1. The molecule has 0 spiro atoms. The Bertz CT molecular complexity index is 1540. The maximum atomic E-state index is 13.8. The molecular formula is C27H23NO7. The van der Waals surface area contributed by atoms with Crippen molar-refractivity contribution in [1.82, 2.24) is 4.57 Å². The molecule has 0 aliphatic carbocycles. The fourth-order valence-corrected chi connectivity index (χ4v) is 4.51. The lowest BCUT2D eigenvalue weighted by atomic mass is 9.94. The summed E-state index contributed by atoms with van der Waals surface area (Å²) in [4.78, 5) is 26.4. The number of aromatic nitrogens is 1. The van der Waals surface area contributed by atoms with Crippen molar-refractivity contribution in [3.05, 3.63) is 81.6 Å². The molecular weight excluding hydrogens is 450 g/mol. The fourth-order valence-electron chi connectivity index (χ4n) is 4.51. The van der Waals surface area contributed by atoms with Gasteiger partial charge in [0.1, 0.15) is 5.56 Å². The first-order valence-electron chi connectivity index (χ1n) is 10.9. The Balaban J connectivity index is 1.92. The summed E-state index contributed by atoms with van der Waals surface area (Å²) in [6, 6.07) is 16.2. The van der Waals surface area contributed by atoms with Gasteiger partial charge in [0.05, 0.1) is 31.7 Å². The minimum atomic E-state index is -1.34. The Morgan fingerprint density at radius 1 is 1.03 bits per heavy atom. The standard InChI is InChI=1S/C27H23NO7/c1-15-6-4-5-7-17(15)13-28-18-9-11-20(32-2)25(33-3)23(18)22(24(26(28)29)27(30)31)16-8-10-19-21(12-16)35-14-34-19/h4-12H,13-14H2,1-3H3,(H,30,31). The maximum Gasteiger partial charge on any atom is 0.342 e. The zero-order valence-electron chi connectivity index (χ0n) is 19.5. The van der Waals surface area contributed by atoms with Gasteiger partial charge in [-0.1, -0.05) is 30.3 Å². The van der Waals surface area contributed by atoms with Crippen molar-refractivity contribution in [2.24, 2.45) is 0 Å². The van der Waals surface area contributed by atoms with Gasteiger partial charge in [0.15, 0.2) is 23.0 Å². The Hall–Kier alpha value is -4.46. The van der Waals surface area contributed by atoms with Crippen LogP contribution in [0.3, 0.4) is 0 Å². The predicted molar refractivity (Wildman–Crippen MR) is 130 cm³/mol. The van der Waals surface area contributed by atoms with Crippen molar-refractivity contribution in [2.45, 2.75) is 13.5 Å². The third-order valence-electron chi connectivity index (χ3n) is 6.24. The van der Waals surface area contributed by atoms with Crippen molar-refractivity contribution in [3.8, 4) is 34.1 Å². The summed E-state index contributed by atoms with van der Waals surface area (Å²) in [6.45, 7) is 2.21. The van der Waals surface area contributed by atoms with E-state index >= 15 is 0 Å². The smallest absolute Gasteiger partial charge is 0.342 e. The van der Waals surface area contributed by atoms with Crippen LogP contribution in [0.1, 0.15) is 21.5 Å². The molecule has 4 aromatic rings. The molecule has 0 fully saturated rings. The molecule has 1 aliphatic rings. The molecule has 5 rings (SSSR count). The van der Waals surface area contributed by atoms with Crippen LogP contribution in [0.2, 0.25) is 0 Å². The highest BCUT2D eigenvalue weighted by molar-refractivity contribution is 6.09. The van der Waals surface area contributed by atoms with Crippen molar-refractivity contribution in [2.75, 3.05) is 21.0 Å². The highest BCUT2D eigenvalue weighted by Crippen LogP contribution is 2.44. The van der Waals surface area contributed by atoms with Gasteiger partial charge in [0.25, 0.3) is 5.56 Å². The van der Waals surface area contributed by atoms with Crippen LogP contribution in [0.5, 0.6) is 23.0 Å². The summed E-state index contributed by atoms with van der Waals surface area (Å²) in [5, 5.41) is 10.7. The number of nitrogens with zero attached hydrogens (tertiary/aromatic N) is 1. The first kappa shape index (κ1) is 22.3. The lowest BCUT2D eigenvalue weighted by Gasteiger charge is -2.20. The lowest BCUT2D eigenvalue weighted by molar-refractivity contribution is 0.0695. The van der Waals surface area contributed by atoms with Gasteiger partial charge in [-0.3, -0.25) is 4.79 Å². The number of rotatable bonds is 6. The van der Waals surface area contributed by atoms with Gasteiger partial charge in [0.2, 0.25) is 6.79 Å². The average Bonchev–Trinajstić information content (AvgIpc) is 3.33. The molecule has 2 heterocycles. The molecule has 1 N–H and O–H groups in total. The number of benzene rings is 3. The van der Waals surface area contributed by atoms with Crippen LogP contribution in [-0.2, 0) is 6.54 Å². The van der Waals surface area contributed by atoms with Crippen molar-refractivity contribution < 1.29 is 28.8 Å². The summed E-state index contributed by atoms with van der Waals surface area (Å²) in [6.07, 6.45) is 0. The van der Waals surface area contributed by atoms with E-state index in [2.05, 4.69) is 0 Å². The molecule has 178 valence electrons. The lowest BCUT2D eigenvalue weighted by Crippen LogP contribution is -2.29. The SMILES string of the molecule is COc1ccc2c(c1OC)c(-c1ccc3c(c1)OCO3)c(C(=O)O)c(=O)n2Cc1ccccc1C. The van der Waals surface area contributed by atoms with Crippen LogP contribution in [-0.4, -0.2) is 36.7 Å². The van der Waals surface area contributed by atoms with Gasteiger partial charge < -0.3 is 28.6 Å². The van der Waals surface area contributed by atoms with Crippen LogP contribution < -0.4 is 24.5 Å².